The number of rotatable bonds is 5. The highest BCUT2D eigenvalue weighted by molar-refractivity contribution is 5.85. The number of para-hydroxylation sites is 1. The van der Waals surface area contributed by atoms with Crippen LogP contribution in [-0.4, -0.2) is 63.4 Å². The maximum Gasteiger partial charge on any atom is 0.239 e. The molecule has 154 valence electrons. The molecule has 27 heavy (non-hydrogen) atoms. The van der Waals surface area contributed by atoms with Crippen LogP contribution in [0, 0.1) is 5.92 Å². The molecule has 1 aromatic carbocycles. The number of nitrogens with zero attached hydrogens (tertiary/aromatic N) is 2. The predicted octanol–water partition coefficient (Wildman–Crippen LogP) is 2.08. The van der Waals surface area contributed by atoms with Gasteiger partial charge in [-0.2, -0.15) is 0 Å². The number of anilines is 1. The van der Waals surface area contributed by atoms with Gasteiger partial charge in [0.25, 0.3) is 0 Å². The van der Waals surface area contributed by atoms with E-state index in [0.717, 1.165) is 44.7 Å². The quantitative estimate of drug-likeness (QED) is 0.790. The lowest BCUT2D eigenvalue weighted by molar-refractivity contribution is -0.133. The smallest absolute Gasteiger partial charge is 0.239 e. The van der Waals surface area contributed by atoms with E-state index in [4.69, 9.17) is 15.2 Å². The molecule has 2 aliphatic heterocycles. The second-order valence-electron chi connectivity index (χ2n) is 6.90. The van der Waals surface area contributed by atoms with Gasteiger partial charge in [0.05, 0.1) is 19.3 Å². The lowest BCUT2D eigenvalue weighted by Gasteiger charge is -2.33. The number of hydrogen-bond acceptors (Lipinski definition) is 5. The number of morpholine rings is 1. The maximum atomic E-state index is 12.8. The predicted molar refractivity (Wildman–Crippen MR) is 112 cm³/mol. The fourth-order valence-corrected chi connectivity index (χ4v) is 3.62. The van der Waals surface area contributed by atoms with E-state index in [-0.39, 0.29) is 36.6 Å². The third-order valence-electron chi connectivity index (χ3n) is 5.19. The number of hydrogen-bond donors (Lipinski definition) is 1. The van der Waals surface area contributed by atoms with Crippen LogP contribution in [0.3, 0.4) is 0 Å². The van der Waals surface area contributed by atoms with Gasteiger partial charge < -0.3 is 25.0 Å². The monoisotopic (exact) mass is 419 g/mol. The Morgan fingerprint density at radius 3 is 2.41 bits per heavy atom. The molecule has 1 amide bonds. The zero-order chi connectivity index (χ0) is 17.6. The number of ether oxygens (including phenoxy) is 2. The van der Waals surface area contributed by atoms with Gasteiger partial charge in [0.1, 0.15) is 0 Å². The van der Waals surface area contributed by atoms with E-state index < -0.39 is 6.04 Å². The zero-order valence-corrected chi connectivity index (χ0v) is 17.5. The standard InChI is InChI=1S/C19H29N3O3.2ClH/c1-21(19(23)18(20)15-6-10-24-11-7-15)14-16-4-2-3-5-17(16)22-8-12-25-13-9-22;;/h2-5,15,18H,6-14,20H2,1H3;2*1H. The normalized spacial score (nSPS) is 18.8. The summed E-state index contributed by atoms with van der Waals surface area (Å²) in [4.78, 5) is 16.9. The molecule has 2 fully saturated rings. The van der Waals surface area contributed by atoms with Gasteiger partial charge in [-0.05, 0) is 30.4 Å². The van der Waals surface area contributed by atoms with Crippen LogP contribution in [0.4, 0.5) is 5.69 Å². The summed E-state index contributed by atoms with van der Waals surface area (Å²) in [6, 6.07) is 7.84. The van der Waals surface area contributed by atoms with Crippen molar-refractivity contribution in [1.29, 1.82) is 0 Å². The van der Waals surface area contributed by atoms with Crippen molar-refractivity contribution in [2.75, 3.05) is 51.5 Å². The lowest BCUT2D eigenvalue weighted by atomic mass is 9.91. The molecule has 8 heteroatoms. The van der Waals surface area contributed by atoms with Gasteiger partial charge in [0, 0.05) is 45.6 Å². The van der Waals surface area contributed by atoms with Gasteiger partial charge in [-0.25, -0.2) is 0 Å². The van der Waals surface area contributed by atoms with Gasteiger partial charge in [-0.1, -0.05) is 18.2 Å². The molecule has 3 rings (SSSR count). The number of nitrogens with two attached hydrogens (primary N) is 1. The highest BCUT2D eigenvalue weighted by Crippen LogP contribution is 2.24. The third-order valence-corrected chi connectivity index (χ3v) is 5.19. The van der Waals surface area contributed by atoms with E-state index in [0.29, 0.717) is 19.8 Å². The molecule has 1 aromatic rings. The van der Waals surface area contributed by atoms with Crippen LogP contribution < -0.4 is 10.6 Å². The van der Waals surface area contributed by atoms with E-state index in [9.17, 15) is 4.79 Å². The summed E-state index contributed by atoms with van der Waals surface area (Å²) < 4.78 is 10.8. The molecule has 0 radical (unpaired) electrons. The Balaban J connectivity index is 0.00000182. The Hall–Kier alpha value is -1.05. The summed E-state index contributed by atoms with van der Waals surface area (Å²) >= 11 is 0. The molecule has 0 saturated carbocycles. The summed E-state index contributed by atoms with van der Waals surface area (Å²) in [7, 11) is 1.84. The maximum absolute atomic E-state index is 12.8. The molecule has 0 aromatic heterocycles. The van der Waals surface area contributed by atoms with Crippen LogP contribution in [0.15, 0.2) is 24.3 Å². The van der Waals surface area contributed by atoms with E-state index in [1.807, 2.05) is 19.2 Å². The highest BCUT2D eigenvalue weighted by atomic mass is 35.5. The molecule has 0 bridgehead atoms. The van der Waals surface area contributed by atoms with Gasteiger partial charge in [0.15, 0.2) is 0 Å². The average molecular weight is 420 g/mol. The van der Waals surface area contributed by atoms with Crippen molar-refractivity contribution < 1.29 is 14.3 Å². The molecular formula is C19H31Cl2N3O3. The molecule has 2 heterocycles. The molecule has 1 atom stereocenters. The minimum atomic E-state index is -0.440. The van der Waals surface area contributed by atoms with Crippen LogP contribution in [0.2, 0.25) is 0 Å². The molecule has 2 N–H and O–H groups in total. The van der Waals surface area contributed by atoms with Crippen LogP contribution in [0.5, 0.6) is 0 Å². The van der Waals surface area contributed by atoms with Crippen molar-refractivity contribution in [3.63, 3.8) is 0 Å². The fourth-order valence-electron chi connectivity index (χ4n) is 3.62. The molecule has 6 nitrogen and oxygen atoms in total. The third kappa shape index (κ3) is 6.22. The second kappa shape index (κ2) is 11.7. The Labute approximate surface area is 174 Å². The molecule has 1 unspecified atom stereocenters. The molecule has 2 aliphatic rings. The summed E-state index contributed by atoms with van der Waals surface area (Å²) in [5, 5.41) is 0. The fraction of sp³-hybridized carbons (Fsp3) is 0.632. The Morgan fingerprint density at radius 2 is 1.74 bits per heavy atom. The number of amides is 1. The van der Waals surface area contributed by atoms with Crippen molar-refractivity contribution in [2.45, 2.75) is 25.4 Å². The molecule has 0 spiro atoms. The van der Waals surface area contributed by atoms with Crippen molar-refractivity contribution in [3.05, 3.63) is 29.8 Å². The Bertz CT molecular complexity index is 579. The Kier molecular flexibility index (Phi) is 10.4. The first-order valence-corrected chi connectivity index (χ1v) is 9.15. The number of likely N-dealkylation sites (N-methyl/N-ethyl adjacent to an activating group) is 1. The first kappa shape index (κ1) is 24.0. The SMILES string of the molecule is CN(Cc1ccccc1N1CCOCC1)C(=O)C(N)C1CCOCC1.Cl.Cl. The van der Waals surface area contributed by atoms with Crippen LogP contribution in [-0.2, 0) is 20.8 Å². The van der Waals surface area contributed by atoms with Crippen molar-refractivity contribution in [2.24, 2.45) is 11.7 Å². The van der Waals surface area contributed by atoms with Crippen LogP contribution >= 0.6 is 24.8 Å². The van der Waals surface area contributed by atoms with Gasteiger partial charge in [-0.3, -0.25) is 4.79 Å². The number of carbonyl (C=O) groups is 1. The van der Waals surface area contributed by atoms with Gasteiger partial charge in [-0.15, -0.1) is 24.8 Å². The molecule has 0 aliphatic carbocycles. The number of halogens is 2. The van der Waals surface area contributed by atoms with Crippen molar-refractivity contribution in [3.8, 4) is 0 Å². The van der Waals surface area contributed by atoms with Crippen molar-refractivity contribution >= 4 is 36.4 Å². The van der Waals surface area contributed by atoms with E-state index in [1.165, 1.54) is 5.69 Å². The number of carbonyl (C=O) groups excluding carboxylic acids is 1. The minimum Gasteiger partial charge on any atom is -0.381 e. The minimum absolute atomic E-state index is 0. The summed E-state index contributed by atoms with van der Waals surface area (Å²) in [5.41, 5.74) is 8.59. The van der Waals surface area contributed by atoms with E-state index in [2.05, 4.69) is 17.0 Å². The largest absolute Gasteiger partial charge is 0.381 e. The number of benzene rings is 1. The summed E-state index contributed by atoms with van der Waals surface area (Å²) in [6.07, 6.45) is 1.73. The molecular weight excluding hydrogens is 389 g/mol. The average Bonchev–Trinajstić information content (AvgIpc) is 2.68. The summed E-state index contributed by atoms with van der Waals surface area (Å²) in [5.74, 6) is 0.238. The first-order valence-electron chi connectivity index (χ1n) is 9.15. The Morgan fingerprint density at radius 1 is 1.15 bits per heavy atom. The topological polar surface area (TPSA) is 68.0 Å². The van der Waals surface area contributed by atoms with Crippen LogP contribution in [0.1, 0.15) is 18.4 Å². The summed E-state index contributed by atoms with van der Waals surface area (Å²) in [6.45, 7) is 5.25. The second-order valence-corrected chi connectivity index (χ2v) is 6.90. The lowest BCUT2D eigenvalue weighted by Crippen LogP contribution is -2.47. The van der Waals surface area contributed by atoms with E-state index in [1.54, 1.807) is 4.90 Å². The van der Waals surface area contributed by atoms with Gasteiger partial charge in [0.2, 0.25) is 5.91 Å². The molecule has 2 saturated heterocycles. The van der Waals surface area contributed by atoms with E-state index >= 15 is 0 Å². The highest BCUT2D eigenvalue weighted by Gasteiger charge is 2.29. The zero-order valence-electron chi connectivity index (χ0n) is 15.8. The van der Waals surface area contributed by atoms with Crippen LogP contribution in [0.25, 0.3) is 0 Å². The first-order chi connectivity index (χ1) is 12.2. The van der Waals surface area contributed by atoms with Gasteiger partial charge >= 0.3 is 0 Å². The van der Waals surface area contributed by atoms with Crippen molar-refractivity contribution in [1.82, 2.24) is 4.90 Å².